The molecule has 0 N–H and O–H groups in total. The summed E-state index contributed by atoms with van der Waals surface area (Å²) in [6.07, 6.45) is 7.90. The quantitative estimate of drug-likeness (QED) is 0.160. The average molecular weight is 732 g/mol. The molecule has 0 spiro atoms. The Kier molecular flexibility index (Phi) is 10.9. The van der Waals surface area contributed by atoms with E-state index in [9.17, 15) is 16.8 Å². The summed E-state index contributed by atoms with van der Waals surface area (Å²) in [6, 6.07) is 24.9. The Morgan fingerprint density at radius 3 is 1.27 bits per heavy atom. The number of aryl methyl sites for hydroxylation is 2. The molecular weight excluding hydrogens is 699 g/mol. The second kappa shape index (κ2) is 15.0. The van der Waals surface area contributed by atoms with Crippen molar-refractivity contribution in [3.05, 3.63) is 131 Å². The van der Waals surface area contributed by atoms with Crippen LogP contribution < -0.4 is 0 Å². The molecule has 0 saturated heterocycles. The lowest BCUT2D eigenvalue weighted by atomic mass is 10.0. The summed E-state index contributed by atoms with van der Waals surface area (Å²) >= 11 is 12.2. The summed E-state index contributed by atoms with van der Waals surface area (Å²) in [6.45, 7) is 5.48. The minimum Gasteiger partial charge on any atom is -0.261 e. The fourth-order valence-electron chi connectivity index (χ4n) is 4.88. The van der Waals surface area contributed by atoms with E-state index >= 15 is 0 Å². The number of benzene rings is 2. The molecule has 0 aliphatic heterocycles. The van der Waals surface area contributed by atoms with Crippen LogP contribution in [0.1, 0.15) is 18.3 Å². The van der Waals surface area contributed by atoms with E-state index in [0.29, 0.717) is 14.9 Å². The Balaban J connectivity index is 0.000000191. The van der Waals surface area contributed by atoms with E-state index < -0.39 is 19.7 Å². The van der Waals surface area contributed by atoms with Crippen molar-refractivity contribution >= 4 is 42.9 Å². The Bertz CT molecular complexity index is 2320. The Hall–Kier alpha value is -4.48. The monoisotopic (exact) mass is 730 g/mol. The number of hydrogen-bond donors (Lipinski definition) is 0. The summed E-state index contributed by atoms with van der Waals surface area (Å²) in [7, 11) is -6.45. The van der Waals surface area contributed by atoms with Gasteiger partial charge in [0, 0.05) is 64.7 Å². The largest absolute Gasteiger partial charge is 0.261 e. The maximum Gasteiger partial charge on any atom is 0.178 e. The van der Waals surface area contributed by atoms with E-state index in [4.69, 9.17) is 23.2 Å². The first kappa shape index (κ1) is 35.8. The minimum absolute atomic E-state index is 0.0748. The molecule has 0 radical (unpaired) electrons. The highest BCUT2D eigenvalue weighted by Crippen LogP contribution is 2.34. The van der Waals surface area contributed by atoms with Crippen molar-refractivity contribution in [2.45, 2.75) is 30.6 Å². The summed E-state index contributed by atoms with van der Waals surface area (Å²) in [5, 5.41) is 1.03. The van der Waals surface area contributed by atoms with E-state index in [0.717, 1.165) is 56.2 Å². The molecule has 0 atom stereocenters. The van der Waals surface area contributed by atoms with Gasteiger partial charge in [0.1, 0.15) is 0 Å². The molecule has 250 valence electrons. The van der Waals surface area contributed by atoms with Crippen LogP contribution in [0.2, 0.25) is 10.0 Å². The third-order valence-electron chi connectivity index (χ3n) is 7.58. The van der Waals surface area contributed by atoms with Crippen molar-refractivity contribution < 1.29 is 16.8 Å². The van der Waals surface area contributed by atoms with Gasteiger partial charge in [-0.25, -0.2) is 16.8 Å². The van der Waals surface area contributed by atoms with Crippen LogP contribution in [-0.4, -0.2) is 48.8 Å². The van der Waals surface area contributed by atoms with Gasteiger partial charge in [0.2, 0.25) is 0 Å². The van der Waals surface area contributed by atoms with Gasteiger partial charge in [-0.2, -0.15) is 0 Å². The van der Waals surface area contributed by atoms with Crippen molar-refractivity contribution in [3.63, 3.8) is 0 Å². The van der Waals surface area contributed by atoms with Crippen molar-refractivity contribution in [3.8, 4) is 44.8 Å². The molecule has 8 nitrogen and oxygen atoms in total. The minimum atomic E-state index is -3.23. The third kappa shape index (κ3) is 8.76. The Morgan fingerprint density at radius 1 is 0.531 bits per heavy atom. The van der Waals surface area contributed by atoms with Gasteiger partial charge in [-0.3, -0.25) is 19.9 Å². The summed E-state index contributed by atoms with van der Waals surface area (Å²) < 4.78 is 47.2. The van der Waals surface area contributed by atoms with Crippen molar-refractivity contribution in [1.82, 2.24) is 19.9 Å². The molecule has 12 heteroatoms. The van der Waals surface area contributed by atoms with Gasteiger partial charge >= 0.3 is 0 Å². The highest BCUT2D eigenvalue weighted by molar-refractivity contribution is 7.91. The van der Waals surface area contributed by atoms with E-state index in [1.165, 1.54) is 6.26 Å². The Morgan fingerprint density at radius 2 is 0.918 bits per heavy atom. The number of hydrogen-bond acceptors (Lipinski definition) is 8. The van der Waals surface area contributed by atoms with Gasteiger partial charge < -0.3 is 0 Å². The van der Waals surface area contributed by atoms with E-state index in [2.05, 4.69) is 19.9 Å². The van der Waals surface area contributed by atoms with Crippen LogP contribution in [-0.2, 0) is 19.7 Å². The number of pyridine rings is 4. The van der Waals surface area contributed by atoms with E-state index in [1.54, 1.807) is 80.2 Å². The second-order valence-corrected chi connectivity index (χ2v) is 16.4. The number of halogens is 2. The molecule has 49 heavy (non-hydrogen) atoms. The lowest BCUT2D eigenvalue weighted by Crippen LogP contribution is -2.03. The molecule has 4 aromatic heterocycles. The third-order valence-corrected chi connectivity index (χ3v) is 10.9. The molecule has 4 heterocycles. The molecule has 0 unspecified atom stereocenters. The van der Waals surface area contributed by atoms with E-state index in [1.807, 2.05) is 50.2 Å². The van der Waals surface area contributed by atoms with Crippen LogP contribution >= 0.6 is 23.2 Å². The topological polar surface area (TPSA) is 120 Å². The van der Waals surface area contributed by atoms with Gasteiger partial charge in [-0.05, 0) is 85.6 Å². The first-order chi connectivity index (χ1) is 23.2. The highest BCUT2D eigenvalue weighted by Gasteiger charge is 2.15. The van der Waals surface area contributed by atoms with Crippen LogP contribution in [0.4, 0.5) is 0 Å². The summed E-state index contributed by atoms with van der Waals surface area (Å²) in [4.78, 5) is 18.1. The molecular formula is C37H32Cl2N4O4S2. The summed E-state index contributed by atoms with van der Waals surface area (Å²) in [5.74, 6) is 0.0748. The van der Waals surface area contributed by atoms with Crippen molar-refractivity contribution in [2.24, 2.45) is 0 Å². The normalized spacial score (nSPS) is 11.5. The standard InChI is InChI=1S/C19H17ClN2O2S.C18H15ClN2O2S/c1-3-25(23,24)17-8-6-14(7-9-17)18-10-16(20)12-22-19(18)15-5-4-13(2)21-11-15;1-12-3-4-14(10-20-12)18-17(9-15(19)11-21-18)13-5-7-16(8-6-13)24(2,22)23/h4-12H,3H2,1-2H3;3-11H,1-2H3. The molecule has 0 amide bonds. The summed E-state index contributed by atoms with van der Waals surface area (Å²) in [5.41, 5.74) is 8.45. The highest BCUT2D eigenvalue weighted by atomic mass is 35.5. The van der Waals surface area contributed by atoms with Crippen LogP contribution in [0.25, 0.3) is 44.8 Å². The van der Waals surface area contributed by atoms with Crippen LogP contribution in [0, 0.1) is 13.8 Å². The zero-order valence-electron chi connectivity index (χ0n) is 27.1. The molecule has 6 aromatic rings. The molecule has 2 aromatic carbocycles. The SMILES string of the molecule is CCS(=O)(=O)c1ccc(-c2cc(Cl)cnc2-c2ccc(C)nc2)cc1.Cc1ccc(-c2ncc(Cl)cc2-c2ccc(S(C)(=O)=O)cc2)cn1. The first-order valence-electron chi connectivity index (χ1n) is 15.1. The molecule has 0 fully saturated rings. The molecule has 0 aliphatic carbocycles. The molecule has 0 saturated carbocycles. The number of aromatic nitrogens is 4. The van der Waals surface area contributed by atoms with Crippen LogP contribution in [0.5, 0.6) is 0 Å². The molecule has 6 rings (SSSR count). The maximum atomic E-state index is 12.0. The maximum absolute atomic E-state index is 12.0. The predicted molar refractivity (Wildman–Crippen MR) is 196 cm³/mol. The zero-order valence-corrected chi connectivity index (χ0v) is 30.2. The molecule has 0 bridgehead atoms. The van der Waals surface area contributed by atoms with Crippen LogP contribution in [0.3, 0.4) is 0 Å². The number of nitrogens with zero attached hydrogens (tertiary/aromatic N) is 4. The van der Waals surface area contributed by atoms with Gasteiger partial charge in [-0.1, -0.05) is 54.4 Å². The van der Waals surface area contributed by atoms with Gasteiger partial charge in [0.25, 0.3) is 0 Å². The average Bonchev–Trinajstić information content (AvgIpc) is 3.09. The zero-order chi connectivity index (χ0) is 35.3. The molecule has 0 aliphatic rings. The van der Waals surface area contributed by atoms with Gasteiger partial charge in [-0.15, -0.1) is 0 Å². The van der Waals surface area contributed by atoms with E-state index in [-0.39, 0.29) is 10.6 Å². The Labute approximate surface area is 296 Å². The van der Waals surface area contributed by atoms with Gasteiger partial charge in [0.05, 0.1) is 37.0 Å². The number of rotatable bonds is 7. The van der Waals surface area contributed by atoms with Crippen molar-refractivity contribution in [1.29, 1.82) is 0 Å². The second-order valence-electron chi connectivity index (χ2n) is 11.2. The predicted octanol–water partition coefficient (Wildman–Crippen LogP) is 8.74. The first-order valence-corrected chi connectivity index (χ1v) is 19.4. The lowest BCUT2D eigenvalue weighted by Gasteiger charge is -2.11. The van der Waals surface area contributed by atoms with Crippen molar-refractivity contribution in [2.75, 3.05) is 12.0 Å². The van der Waals surface area contributed by atoms with Crippen LogP contribution in [0.15, 0.2) is 120 Å². The fraction of sp³-hybridized carbons (Fsp3) is 0.135. The van der Waals surface area contributed by atoms with Gasteiger partial charge in [0.15, 0.2) is 19.7 Å². The fourth-order valence-corrected chi connectivity index (χ4v) is 6.72. The lowest BCUT2D eigenvalue weighted by molar-refractivity contribution is 0.596. The smallest absolute Gasteiger partial charge is 0.178 e. The number of sulfone groups is 2.